The summed E-state index contributed by atoms with van der Waals surface area (Å²) in [5, 5.41) is 7.62. The number of nitrogens with zero attached hydrogens (tertiary/aromatic N) is 1. The molecule has 8 heteroatoms. The second-order valence-electron chi connectivity index (χ2n) is 6.63. The monoisotopic (exact) mass is 346 g/mol. The Morgan fingerprint density at radius 1 is 1.28 bits per heavy atom. The van der Waals surface area contributed by atoms with Crippen LogP contribution in [0.25, 0.3) is 0 Å². The number of rotatable bonds is 5. The third-order valence-electron chi connectivity index (χ3n) is 4.34. The van der Waals surface area contributed by atoms with Gasteiger partial charge in [-0.1, -0.05) is 24.3 Å². The average molecular weight is 346 g/mol. The summed E-state index contributed by atoms with van der Waals surface area (Å²) in [5.74, 6) is -0.377. The van der Waals surface area contributed by atoms with Crippen molar-refractivity contribution in [3.8, 4) is 0 Å². The molecule has 25 heavy (non-hydrogen) atoms. The predicted molar refractivity (Wildman–Crippen MR) is 89.6 cm³/mol. The fraction of sp³-hybridized carbons (Fsp3) is 0.471. The number of carbonyl (C=O) groups is 3. The number of imide groups is 1. The number of benzene rings is 1. The molecule has 2 aliphatic rings. The lowest BCUT2D eigenvalue weighted by Crippen LogP contribution is -2.72. The standard InChI is InChI=1S/C17H22N4O4/c1-11(2)25-8-13-6-4-3-5-12(13)7-18-16(24)21-9-17(10-21)14(22)19-15(23)20-17/h3-6,11H,7-10H2,1-2H3,(H,18,24)(H2,19,20,22,23). The van der Waals surface area contributed by atoms with Crippen LogP contribution in [0.1, 0.15) is 25.0 Å². The number of urea groups is 2. The van der Waals surface area contributed by atoms with Crippen LogP contribution in [0.3, 0.4) is 0 Å². The van der Waals surface area contributed by atoms with E-state index in [9.17, 15) is 14.4 Å². The van der Waals surface area contributed by atoms with Crippen LogP contribution in [0.15, 0.2) is 24.3 Å². The number of ether oxygens (including phenoxy) is 1. The molecular formula is C17H22N4O4. The Labute approximate surface area is 145 Å². The van der Waals surface area contributed by atoms with E-state index in [0.717, 1.165) is 11.1 Å². The van der Waals surface area contributed by atoms with Crippen LogP contribution >= 0.6 is 0 Å². The van der Waals surface area contributed by atoms with E-state index >= 15 is 0 Å². The molecule has 134 valence electrons. The molecule has 2 saturated heterocycles. The highest BCUT2D eigenvalue weighted by Crippen LogP contribution is 2.24. The Hall–Kier alpha value is -2.61. The molecule has 1 aromatic rings. The zero-order valence-corrected chi connectivity index (χ0v) is 14.3. The summed E-state index contributed by atoms with van der Waals surface area (Å²) in [6.45, 7) is 5.16. The van der Waals surface area contributed by atoms with Crippen molar-refractivity contribution in [2.24, 2.45) is 0 Å². The molecular weight excluding hydrogens is 324 g/mol. The smallest absolute Gasteiger partial charge is 0.322 e. The second-order valence-corrected chi connectivity index (χ2v) is 6.63. The normalized spacial score (nSPS) is 18.1. The zero-order valence-electron chi connectivity index (χ0n) is 14.3. The first-order valence-electron chi connectivity index (χ1n) is 8.24. The average Bonchev–Trinajstić information content (AvgIpc) is 2.84. The van der Waals surface area contributed by atoms with Crippen molar-refractivity contribution in [2.45, 2.75) is 38.6 Å². The zero-order chi connectivity index (χ0) is 18.0. The quantitative estimate of drug-likeness (QED) is 0.684. The summed E-state index contributed by atoms with van der Waals surface area (Å²) >= 11 is 0. The van der Waals surface area contributed by atoms with Crippen molar-refractivity contribution in [2.75, 3.05) is 13.1 Å². The van der Waals surface area contributed by atoms with Gasteiger partial charge in [0, 0.05) is 6.54 Å². The van der Waals surface area contributed by atoms with Gasteiger partial charge in [-0.15, -0.1) is 0 Å². The van der Waals surface area contributed by atoms with E-state index in [1.54, 1.807) is 0 Å². The highest BCUT2D eigenvalue weighted by Gasteiger charge is 2.56. The van der Waals surface area contributed by atoms with Gasteiger partial charge in [0.25, 0.3) is 5.91 Å². The minimum Gasteiger partial charge on any atom is -0.374 e. The van der Waals surface area contributed by atoms with Gasteiger partial charge in [0.15, 0.2) is 5.54 Å². The first kappa shape index (κ1) is 17.2. The van der Waals surface area contributed by atoms with E-state index in [0.29, 0.717) is 13.2 Å². The van der Waals surface area contributed by atoms with E-state index in [1.165, 1.54) is 4.90 Å². The number of nitrogens with one attached hydrogen (secondary N) is 3. The topological polar surface area (TPSA) is 99.8 Å². The Kier molecular flexibility index (Phi) is 4.63. The molecule has 2 aliphatic heterocycles. The summed E-state index contributed by atoms with van der Waals surface area (Å²) in [6, 6.07) is 6.99. The van der Waals surface area contributed by atoms with Crippen molar-refractivity contribution in [3.63, 3.8) is 0 Å². The molecule has 0 aliphatic carbocycles. The van der Waals surface area contributed by atoms with Crippen molar-refractivity contribution < 1.29 is 19.1 Å². The number of likely N-dealkylation sites (tertiary alicyclic amines) is 1. The van der Waals surface area contributed by atoms with Gasteiger partial charge in [-0.2, -0.15) is 0 Å². The van der Waals surface area contributed by atoms with E-state index in [2.05, 4.69) is 16.0 Å². The minimum atomic E-state index is -0.961. The van der Waals surface area contributed by atoms with E-state index in [1.807, 2.05) is 38.1 Å². The summed E-state index contributed by atoms with van der Waals surface area (Å²) in [5.41, 5.74) is 1.05. The van der Waals surface area contributed by atoms with Crippen LogP contribution in [0.4, 0.5) is 9.59 Å². The molecule has 3 rings (SSSR count). The summed E-state index contributed by atoms with van der Waals surface area (Å²) in [4.78, 5) is 36.7. The number of amides is 5. The first-order valence-corrected chi connectivity index (χ1v) is 8.24. The summed E-state index contributed by atoms with van der Waals surface area (Å²) in [6.07, 6.45) is 0.132. The van der Waals surface area contributed by atoms with Crippen LogP contribution < -0.4 is 16.0 Å². The lowest BCUT2D eigenvalue weighted by molar-refractivity contribution is -0.128. The van der Waals surface area contributed by atoms with E-state index < -0.39 is 11.6 Å². The lowest BCUT2D eigenvalue weighted by Gasteiger charge is -2.44. The Morgan fingerprint density at radius 3 is 2.56 bits per heavy atom. The molecule has 2 fully saturated rings. The van der Waals surface area contributed by atoms with Crippen molar-refractivity contribution in [3.05, 3.63) is 35.4 Å². The fourth-order valence-electron chi connectivity index (χ4n) is 2.91. The highest BCUT2D eigenvalue weighted by molar-refractivity contribution is 6.08. The molecule has 0 saturated carbocycles. The number of hydrogen-bond donors (Lipinski definition) is 3. The SMILES string of the molecule is CC(C)OCc1ccccc1CNC(=O)N1CC2(C1)NC(=O)NC2=O. The van der Waals surface area contributed by atoms with Gasteiger partial charge in [-0.05, 0) is 25.0 Å². The lowest BCUT2D eigenvalue weighted by atomic mass is 9.90. The van der Waals surface area contributed by atoms with Gasteiger partial charge in [0.05, 0.1) is 25.8 Å². The predicted octanol–water partition coefficient (Wildman–Crippen LogP) is 0.715. The van der Waals surface area contributed by atoms with Crippen LogP contribution in [0.5, 0.6) is 0 Å². The largest absolute Gasteiger partial charge is 0.374 e. The molecule has 0 unspecified atom stereocenters. The molecule has 1 aromatic carbocycles. The van der Waals surface area contributed by atoms with Gasteiger partial charge in [-0.25, -0.2) is 9.59 Å². The highest BCUT2D eigenvalue weighted by atomic mass is 16.5. The van der Waals surface area contributed by atoms with Crippen molar-refractivity contribution in [1.82, 2.24) is 20.9 Å². The maximum Gasteiger partial charge on any atom is 0.322 e. The molecule has 1 spiro atoms. The minimum absolute atomic E-state index is 0.132. The molecule has 0 aromatic heterocycles. The van der Waals surface area contributed by atoms with Crippen LogP contribution in [-0.2, 0) is 22.7 Å². The van der Waals surface area contributed by atoms with E-state index in [-0.39, 0.29) is 31.1 Å². The maximum absolute atomic E-state index is 12.2. The van der Waals surface area contributed by atoms with E-state index in [4.69, 9.17) is 4.74 Å². The van der Waals surface area contributed by atoms with Gasteiger partial charge in [-0.3, -0.25) is 10.1 Å². The Morgan fingerprint density at radius 2 is 1.96 bits per heavy atom. The Bertz CT molecular complexity index is 698. The third kappa shape index (κ3) is 3.58. The second kappa shape index (κ2) is 6.72. The molecule has 0 atom stereocenters. The first-order chi connectivity index (χ1) is 11.9. The Balaban J connectivity index is 1.52. The van der Waals surface area contributed by atoms with Crippen LogP contribution in [0, 0.1) is 0 Å². The van der Waals surface area contributed by atoms with Crippen LogP contribution in [-0.4, -0.2) is 47.6 Å². The number of carbonyl (C=O) groups excluding carboxylic acids is 3. The summed E-state index contributed by atoms with van der Waals surface area (Å²) in [7, 11) is 0. The van der Waals surface area contributed by atoms with Gasteiger partial charge in [0.1, 0.15) is 0 Å². The fourth-order valence-corrected chi connectivity index (χ4v) is 2.91. The van der Waals surface area contributed by atoms with Crippen molar-refractivity contribution >= 4 is 18.0 Å². The van der Waals surface area contributed by atoms with Gasteiger partial charge < -0.3 is 20.3 Å². The van der Waals surface area contributed by atoms with Gasteiger partial charge in [0.2, 0.25) is 0 Å². The molecule has 0 radical (unpaired) electrons. The molecule has 0 bridgehead atoms. The number of hydrogen-bond acceptors (Lipinski definition) is 4. The van der Waals surface area contributed by atoms with Gasteiger partial charge >= 0.3 is 12.1 Å². The molecule has 8 nitrogen and oxygen atoms in total. The molecule has 5 amide bonds. The van der Waals surface area contributed by atoms with Crippen LogP contribution in [0.2, 0.25) is 0 Å². The summed E-state index contributed by atoms with van der Waals surface area (Å²) < 4.78 is 5.63. The molecule has 2 heterocycles. The maximum atomic E-state index is 12.2. The third-order valence-corrected chi connectivity index (χ3v) is 4.34. The van der Waals surface area contributed by atoms with Crippen molar-refractivity contribution in [1.29, 1.82) is 0 Å². The molecule has 3 N–H and O–H groups in total.